The van der Waals surface area contributed by atoms with Gasteiger partial charge in [-0.25, -0.2) is 0 Å². The van der Waals surface area contributed by atoms with Crippen molar-refractivity contribution < 1.29 is 0 Å². The summed E-state index contributed by atoms with van der Waals surface area (Å²) in [6, 6.07) is 0.108. The summed E-state index contributed by atoms with van der Waals surface area (Å²) in [4.78, 5) is 3.99. The largest absolute Gasteiger partial charge is 0.329 e. The van der Waals surface area contributed by atoms with E-state index < -0.39 is 0 Å². The van der Waals surface area contributed by atoms with Crippen molar-refractivity contribution in [1.29, 1.82) is 0 Å². The number of hydrogen-bond donors (Lipinski definition) is 2. The summed E-state index contributed by atoms with van der Waals surface area (Å²) in [5.41, 5.74) is 10.7. The van der Waals surface area contributed by atoms with Crippen LogP contribution in [0.2, 0.25) is 0 Å². The molecule has 0 aromatic heterocycles. The molecule has 1 unspecified atom stereocenters. The Labute approximate surface area is 56.1 Å². The van der Waals surface area contributed by atoms with Crippen LogP contribution in [-0.4, -0.2) is 25.3 Å². The molecule has 1 atom stereocenters. The molecular weight excluding hydrogens is 114 g/mol. The summed E-state index contributed by atoms with van der Waals surface area (Å²) in [6.45, 7) is 3.32. The predicted molar refractivity (Wildman–Crippen MR) is 40.7 cm³/mol. The maximum absolute atomic E-state index is 5.52. The van der Waals surface area contributed by atoms with Crippen molar-refractivity contribution in [3.63, 3.8) is 0 Å². The average molecular weight is 129 g/mol. The summed E-state index contributed by atoms with van der Waals surface area (Å²) in [5.74, 6) is 0. The van der Waals surface area contributed by atoms with E-state index in [9.17, 15) is 0 Å². The fourth-order valence-electron chi connectivity index (χ4n) is 0.390. The molecule has 0 spiro atoms. The normalized spacial score (nSPS) is 14.6. The second-order valence-corrected chi connectivity index (χ2v) is 1.92. The van der Waals surface area contributed by atoms with Crippen molar-refractivity contribution in [1.82, 2.24) is 0 Å². The maximum Gasteiger partial charge on any atom is 0.0508 e. The lowest BCUT2D eigenvalue weighted by Gasteiger charge is -1.97. The molecule has 0 amide bonds. The first-order valence-corrected chi connectivity index (χ1v) is 3.26. The van der Waals surface area contributed by atoms with Gasteiger partial charge in [-0.2, -0.15) is 0 Å². The van der Waals surface area contributed by atoms with E-state index in [4.69, 9.17) is 11.5 Å². The Morgan fingerprint density at radius 2 is 2.33 bits per heavy atom. The number of rotatable bonds is 4. The molecule has 0 aromatic carbocycles. The number of nitrogens with zero attached hydrogens (tertiary/aromatic N) is 1. The molecule has 0 aliphatic heterocycles. The number of hydrogen-bond acceptors (Lipinski definition) is 3. The van der Waals surface area contributed by atoms with Crippen LogP contribution in [-0.2, 0) is 0 Å². The van der Waals surface area contributed by atoms with Gasteiger partial charge in [-0.15, -0.1) is 0 Å². The third-order valence-electron chi connectivity index (χ3n) is 1.03. The minimum atomic E-state index is 0.108. The standard InChI is InChI=1S/C6H15N3/c1-2-6(8)5-9-4-3-7/h5-6H,2-4,7-8H2,1H3. The number of aliphatic imine (C=N–C) groups is 1. The third-order valence-corrected chi connectivity index (χ3v) is 1.03. The summed E-state index contributed by atoms with van der Waals surface area (Å²) in [6.07, 6.45) is 2.70. The topological polar surface area (TPSA) is 64.4 Å². The SMILES string of the molecule is CCC(N)C=NCCN. The molecule has 9 heavy (non-hydrogen) atoms. The molecule has 4 N–H and O–H groups in total. The summed E-state index contributed by atoms with van der Waals surface area (Å²) in [5, 5.41) is 0. The van der Waals surface area contributed by atoms with E-state index in [2.05, 4.69) is 4.99 Å². The van der Waals surface area contributed by atoms with Crippen molar-refractivity contribution in [2.24, 2.45) is 16.5 Å². The maximum atomic E-state index is 5.52. The zero-order valence-corrected chi connectivity index (χ0v) is 5.88. The zero-order valence-electron chi connectivity index (χ0n) is 5.88. The van der Waals surface area contributed by atoms with Crippen molar-refractivity contribution in [2.75, 3.05) is 13.1 Å². The van der Waals surface area contributed by atoms with Crippen molar-refractivity contribution in [3.05, 3.63) is 0 Å². The average Bonchev–Trinajstić information content (AvgIpc) is 1.89. The van der Waals surface area contributed by atoms with Gasteiger partial charge in [0.1, 0.15) is 0 Å². The second kappa shape index (κ2) is 5.72. The highest BCUT2D eigenvalue weighted by Gasteiger charge is 1.89. The molecule has 3 heteroatoms. The highest BCUT2D eigenvalue weighted by molar-refractivity contribution is 5.63. The smallest absolute Gasteiger partial charge is 0.0508 e. The Balaban J connectivity index is 3.20. The molecule has 0 bridgehead atoms. The molecule has 0 aliphatic carbocycles. The van der Waals surface area contributed by atoms with Gasteiger partial charge in [0.15, 0.2) is 0 Å². The first-order chi connectivity index (χ1) is 4.31. The molecule has 0 rings (SSSR count). The quantitative estimate of drug-likeness (QED) is 0.514. The van der Waals surface area contributed by atoms with Gasteiger partial charge in [0.2, 0.25) is 0 Å². The summed E-state index contributed by atoms with van der Waals surface area (Å²) in [7, 11) is 0. The second-order valence-electron chi connectivity index (χ2n) is 1.92. The fraction of sp³-hybridized carbons (Fsp3) is 0.833. The summed E-state index contributed by atoms with van der Waals surface area (Å²) >= 11 is 0. The minimum absolute atomic E-state index is 0.108. The van der Waals surface area contributed by atoms with E-state index in [0.717, 1.165) is 6.42 Å². The van der Waals surface area contributed by atoms with Crippen molar-refractivity contribution >= 4 is 6.21 Å². The highest BCUT2D eigenvalue weighted by Crippen LogP contribution is 1.79. The van der Waals surface area contributed by atoms with Gasteiger partial charge in [-0.05, 0) is 6.42 Å². The molecule has 0 heterocycles. The van der Waals surface area contributed by atoms with Crippen LogP contribution < -0.4 is 11.5 Å². The Morgan fingerprint density at radius 3 is 2.78 bits per heavy atom. The Hall–Kier alpha value is -0.410. The third kappa shape index (κ3) is 5.46. The van der Waals surface area contributed by atoms with Gasteiger partial charge in [-0.1, -0.05) is 6.92 Å². The number of nitrogens with two attached hydrogens (primary N) is 2. The van der Waals surface area contributed by atoms with Crippen LogP contribution in [0.5, 0.6) is 0 Å². The Bertz CT molecular complexity index is 80.4. The molecule has 54 valence electrons. The van der Waals surface area contributed by atoms with Gasteiger partial charge in [-0.3, -0.25) is 4.99 Å². The van der Waals surface area contributed by atoms with Crippen LogP contribution in [0.1, 0.15) is 13.3 Å². The lowest BCUT2D eigenvalue weighted by atomic mass is 10.3. The van der Waals surface area contributed by atoms with E-state index in [-0.39, 0.29) is 6.04 Å². The van der Waals surface area contributed by atoms with Crippen LogP contribution in [0.3, 0.4) is 0 Å². The molecular formula is C6H15N3. The van der Waals surface area contributed by atoms with Crippen LogP contribution in [0.15, 0.2) is 4.99 Å². The lowest BCUT2D eigenvalue weighted by molar-refractivity contribution is 0.825. The van der Waals surface area contributed by atoms with Crippen LogP contribution in [0.25, 0.3) is 0 Å². The Morgan fingerprint density at radius 1 is 1.67 bits per heavy atom. The lowest BCUT2D eigenvalue weighted by Crippen LogP contribution is -2.20. The van der Waals surface area contributed by atoms with E-state index >= 15 is 0 Å². The van der Waals surface area contributed by atoms with Crippen LogP contribution in [0, 0.1) is 0 Å². The van der Waals surface area contributed by atoms with Crippen molar-refractivity contribution in [3.8, 4) is 0 Å². The van der Waals surface area contributed by atoms with E-state index in [0.29, 0.717) is 13.1 Å². The Kier molecular flexibility index (Phi) is 5.46. The molecule has 0 aromatic rings. The monoisotopic (exact) mass is 129 g/mol. The first-order valence-electron chi connectivity index (χ1n) is 3.26. The van der Waals surface area contributed by atoms with Gasteiger partial charge >= 0.3 is 0 Å². The van der Waals surface area contributed by atoms with Gasteiger partial charge in [0, 0.05) is 18.8 Å². The molecule has 0 fully saturated rings. The van der Waals surface area contributed by atoms with E-state index in [1.165, 1.54) is 0 Å². The summed E-state index contributed by atoms with van der Waals surface area (Å²) < 4.78 is 0. The zero-order chi connectivity index (χ0) is 7.11. The first kappa shape index (κ1) is 8.59. The minimum Gasteiger partial charge on any atom is -0.329 e. The van der Waals surface area contributed by atoms with Gasteiger partial charge in [0.05, 0.1) is 6.54 Å². The predicted octanol–water partition coefficient (Wildman–Crippen LogP) is -0.247. The molecule has 0 aliphatic rings. The van der Waals surface area contributed by atoms with Crippen LogP contribution >= 0.6 is 0 Å². The van der Waals surface area contributed by atoms with E-state index in [1.807, 2.05) is 6.92 Å². The molecule has 0 saturated heterocycles. The molecule has 0 radical (unpaired) electrons. The van der Waals surface area contributed by atoms with E-state index in [1.54, 1.807) is 6.21 Å². The molecule has 0 saturated carbocycles. The van der Waals surface area contributed by atoms with Gasteiger partial charge in [0.25, 0.3) is 0 Å². The van der Waals surface area contributed by atoms with Crippen molar-refractivity contribution in [2.45, 2.75) is 19.4 Å². The van der Waals surface area contributed by atoms with Crippen LogP contribution in [0.4, 0.5) is 0 Å². The fourth-order valence-corrected chi connectivity index (χ4v) is 0.390. The highest BCUT2D eigenvalue weighted by atomic mass is 14.8. The van der Waals surface area contributed by atoms with Gasteiger partial charge < -0.3 is 11.5 Å². The molecule has 3 nitrogen and oxygen atoms in total.